The van der Waals surface area contributed by atoms with Crippen LogP contribution in [-0.4, -0.2) is 37.1 Å². The van der Waals surface area contributed by atoms with Gasteiger partial charge in [-0.05, 0) is 20.3 Å². The molecule has 0 aliphatic heterocycles. The third kappa shape index (κ3) is 3.89. The average molecular weight is 207 g/mol. The summed E-state index contributed by atoms with van der Waals surface area (Å²) in [6.07, 6.45) is -0.511. The van der Waals surface area contributed by atoms with E-state index in [2.05, 4.69) is 0 Å². The quantitative estimate of drug-likeness (QED) is 0.564. The van der Waals surface area contributed by atoms with E-state index in [1.165, 1.54) is 0 Å². The molecule has 1 unspecified atom stereocenters. The SMILES string of the molecule is CCCOC(OCC)(OCC)C(N)O. The molecule has 0 radical (unpaired) electrons. The van der Waals surface area contributed by atoms with E-state index in [0.29, 0.717) is 19.8 Å². The highest BCUT2D eigenvalue weighted by Crippen LogP contribution is 2.18. The molecule has 0 fully saturated rings. The lowest BCUT2D eigenvalue weighted by molar-refractivity contribution is -0.410. The van der Waals surface area contributed by atoms with Gasteiger partial charge in [0.05, 0.1) is 6.61 Å². The molecule has 3 N–H and O–H groups in total. The maximum absolute atomic E-state index is 9.35. The number of hydrogen-bond acceptors (Lipinski definition) is 5. The molecule has 0 aromatic carbocycles. The van der Waals surface area contributed by atoms with Crippen molar-refractivity contribution >= 4 is 0 Å². The fraction of sp³-hybridized carbons (Fsp3) is 1.00. The van der Waals surface area contributed by atoms with Gasteiger partial charge in [-0.15, -0.1) is 0 Å². The van der Waals surface area contributed by atoms with Crippen LogP contribution in [-0.2, 0) is 14.2 Å². The Hall–Kier alpha value is -0.200. The van der Waals surface area contributed by atoms with Crippen LogP contribution in [0.15, 0.2) is 0 Å². The van der Waals surface area contributed by atoms with E-state index in [-0.39, 0.29) is 0 Å². The van der Waals surface area contributed by atoms with Gasteiger partial charge in [0.1, 0.15) is 0 Å². The minimum Gasteiger partial charge on any atom is -0.371 e. The van der Waals surface area contributed by atoms with E-state index >= 15 is 0 Å². The lowest BCUT2D eigenvalue weighted by atomic mass is 10.4. The highest BCUT2D eigenvalue weighted by molar-refractivity contribution is 4.63. The number of rotatable bonds is 8. The topological polar surface area (TPSA) is 73.9 Å². The van der Waals surface area contributed by atoms with E-state index in [1.54, 1.807) is 13.8 Å². The summed E-state index contributed by atoms with van der Waals surface area (Å²) in [6, 6.07) is 0. The van der Waals surface area contributed by atoms with Gasteiger partial charge in [-0.2, -0.15) is 0 Å². The van der Waals surface area contributed by atoms with E-state index in [0.717, 1.165) is 6.42 Å². The molecular formula is C9H21NO4. The molecule has 1 atom stereocenters. The predicted octanol–water partition coefficient (Wildman–Crippen LogP) is 0.417. The normalized spacial score (nSPS) is 14.4. The Morgan fingerprint density at radius 2 is 1.64 bits per heavy atom. The first-order valence-corrected chi connectivity index (χ1v) is 4.98. The molecular weight excluding hydrogens is 186 g/mol. The fourth-order valence-corrected chi connectivity index (χ4v) is 1.03. The Morgan fingerprint density at radius 3 is 1.93 bits per heavy atom. The van der Waals surface area contributed by atoms with Crippen LogP contribution < -0.4 is 5.73 Å². The average Bonchev–Trinajstić information content (AvgIpc) is 2.14. The van der Waals surface area contributed by atoms with Crippen molar-refractivity contribution in [2.75, 3.05) is 19.8 Å². The standard InChI is InChI=1S/C9H21NO4/c1-4-7-14-9(8(10)11,12-5-2)13-6-3/h8,11H,4-7,10H2,1-3H3. The van der Waals surface area contributed by atoms with Gasteiger partial charge in [0.15, 0.2) is 6.23 Å². The van der Waals surface area contributed by atoms with Crippen molar-refractivity contribution in [3.63, 3.8) is 0 Å². The molecule has 0 saturated carbocycles. The number of aliphatic hydroxyl groups is 1. The third-order valence-electron chi connectivity index (χ3n) is 1.56. The molecule has 0 bridgehead atoms. The first-order valence-electron chi connectivity index (χ1n) is 4.98. The molecule has 5 nitrogen and oxygen atoms in total. The summed E-state index contributed by atoms with van der Waals surface area (Å²) < 4.78 is 15.7. The van der Waals surface area contributed by atoms with Gasteiger partial charge < -0.3 is 19.3 Å². The van der Waals surface area contributed by atoms with Crippen LogP contribution in [0.4, 0.5) is 0 Å². The van der Waals surface area contributed by atoms with Gasteiger partial charge in [-0.25, -0.2) is 0 Å². The zero-order valence-electron chi connectivity index (χ0n) is 9.16. The van der Waals surface area contributed by atoms with Crippen molar-refractivity contribution in [1.82, 2.24) is 0 Å². The molecule has 5 heteroatoms. The molecule has 86 valence electrons. The number of ether oxygens (including phenoxy) is 3. The van der Waals surface area contributed by atoms with Crippen LogP contribution in [0, 0.1) is 0 Å². The molecule has 0 aromatic heterocycles. The van der Waals surface area contributed by atoms with Gasteiger partial charge in [0, 0.05) is 13.2 Å². The second-order valence-electron chi connectivity index (χ2n) is 2.76. The van der Waals surface area contributed by atoms with Crippen molar-refractivity contribution in [3.8, 4) is 0 Å². The Bertz CT molecular complexity index is 135. The summed E-state index contributed by atoms with van der Waals surface area (Å²) in [5, 5.41) is 9.35. The third-order valence-corrected chi connectivity index (χ3v) is 1.56. The molecule has 0 heterocycles. The fourth-order valence-electron chi connectivity index (χ4n) is 1.03. The summed E-state index contributed by atoms with van der Waals surface area (Å²) in [6.45, 7) is 6.66. The lowest BCUT2D eigenvalue weighted by Crippen LogP contribution is -2.54. The Morgan fingerprint density at radius 1 is 1.14 bits per heavy atom. The summed E-state index contributed by atoms with van der Waals surface area (Å²) in [5.41, 5.74) is 5.37. The van der Waals surface area contributed by atoms with E-state index in [4.69, 9.17) is 19.9 Å². The molecule has 0 saturated heterocycles. The highest BCUT2D eigenvalue weighted by atomic mass is 16.9. The van der Waals surface area contributed by atoms with E-state index < -0.39 is 12.2 Å². The van der Waals surface area contributed by atoms with Crippen molar-refractivity contribution in [2.24, 2.45) is 5.73 Å². The number of hydrogen-bond donors (Lipinski definition) is 2. The molecule has 14 heavy (non-hydrogen) atoms. The molecule has 0 amide bonds. The van der Waals surface area contributed by atoms with Gasteiger partial charge in [-0.1, -0.05) is 6.92 Å². The van der Waals surface area contributed by atoms with Gasteiger partial charge in [0.2, 0.25) is 0 Å². The second kappa shape index (κ2) is 7.14. The Labute approximate surface area is 85.1 Å². The monoisotopic (exact) mass is 207 g/mol. The van der Waals surface area contributed by atoms with Crippen molar-refractivity contribution in [1.29, 1.82) is 0 Å². The second-order valence-corrected chi connectivity index (χ2v) is 2.76. The molecule has 0 rings (SSSR count). The number of aliphatic hydroxyl groups excluding tert-OH is 1. The summed E-state index contributed by atoms with van der Waals surface area (Å²) in [4.78, 5) is 0. The van der Waals surface area contributed by atoms with Crippen LogP contribution in [0.1, 0.15) is 27.2 Å². The zero-order chi connectivity index (χ0) is 11.0. The van der Waals surface area contributed by atoms with Gasteiger partial charge in [-0.3, -0.25) is 5.73 Å². The molecule has 0 aromatic rings. The van der Waals surface area contributed by atoms with Crippen LogP contribution in [0.2, 0.25) is 0 Å². The lowest BCUT2D eigenvalue weighted by Gasteiger charge is -2.34. The Kier molecular flexibility index (Phi) is 7.04. The largest absolute Gasteiger partial charge is 0.371 e. The van der Waals surface area contributed by atoms with Gasteiger partial charge >= 0.3 is 5.97 Å². The van der Waals surface area contributed by atoms with Crippen LogP contribution in [0.5, 0.6) is 0 Å². The van der Waals surface area contributed by atoms with Crippen molar-refractivity contribution < 1.29 is 19.3 Å². The predicted molar refractivity (Wildman–Crippen MR) is 52.4 cm³/mol. The smallest absolute Gasteiger partial charge is 0.324 e. The van der Waals surface area contributed by atoms with E-state index in [1.807, 2.05) is 6.92 Å². The van der Waals surface area contributed by atoms with Gasteiger partial charge in [0.25, 0.3) is 0 Å². The molecule has 0 spiro atoms. The Balaban J connectivity index is 4.38. The minimum atomic E-state index is -1.51. The van der Waals surface area contributed by atoms with E-state index in [9.17, 15) is 5.11 Å². The van der Waals surface area contributed by atoms with Crippen LogP contribution >= 0.6 is 0 Å². The minimum absolute atomic E-state index is 0.359. The first-order chi connectivity index (χ1) is 6.63. The summed E-state index contributed by atoms with van der Waals surface area (Å²) in [5.74, 6) is -1.51. The maximum atomic E-state index is 9.35. The zero-order valence-corrected chi connectivity index (χ0v) is 9.16. The van der Waals surface area contributed by atoms with Crippen LogP contribution in [0.3, 0.4) is 0 Å². The molecule has 0 aliphatic rings. The maximum Gasteiger partial charge on any atom is 0.324 e. The van der Waals surface area contributed by atoms with Crippen molar-refractivity contribution in [3.05, 3.63) is 0 Å². The van der Waals surface area contributed by atoms with Crippen LogP contribution in [0.25, 0.3) is 0 Å². The van der Waals surface area contributed by atoms with Crippen molar-refractivity contribution in [2.45, 2.75) is 39.4 Å². The summed E-state index contributed by atoms with van der Waals surface area (Å²) in [7, 11) is 0. The summed E-state index contributed by atoms with van der Waals surface area (Å²) >= 11 is 0. The highest BCUT2D eigenvalue weighted by Gasteiger charge is 2.39. The first kappa shape index (κ1) is 13.8. The number of nitrogens with two attached hydrogens (primary N) is 1. The molecule has 0 aliphatic carbocycles.